The zero-order valence-corrected chi connectivity index (χ0v) is 11.8. The zero-order chi connectivity index (χ0) is 14.4. The summed E-state index contributed by atoms with van der Waals surface area (Å²) in [5, 5.41) is 2.77. The van der Waals surface area contributed by atoms with E-state index in [4.69, 9.17) is 33.7 Å². The summed E-state index contributed by atoms with van der Waals surface area (Å²) in [7, 11) is 1.54. The van der Waals surface area contributed by atoms with E-state index in [-0.39, 0.29) is 34.5 Å². The van der Waals surface area contributed by atoms with E-state index in [0.717, 1.165) is 0 Å². The number of halogens is 2. The average Bonchev–Trinajstić information content (AvgIpc) is 2.38. The van der Waals surface area contributed by atoms with Gasteiger partial charge in [0.1, 0.15) is 0 Å². The quantitative estimate of drug-likeness (QED) is 0.497. The van der Waals surface area contributed by atoms with Crippen LogP contribution in [0, 0.1) is 0 Å². The molecule has 0 unspecified atom stereocenters. The van der Waals surface area contributed by atoms with Crippen LogP contribution in [0.3, 0.4) is 0 Å². The van der Waals surface area contributed by atoms with Crippen LogP contribution in [0.15, 0.2) is 12.1 Å². The number of esters is 1. The highest BCUT2D eigenvalue weighted by molar-refractivity contribution is 6.44. The number of nitrogens with one attached hydrogen (secondary N) is 1. The zero-order valence-electron chi connectivity index (χ0n) is 10.3. The smallest absolute Gasteiger partial charge is 0.339 e. The number of nitrogens with two attached hydrogens (primary N) is 1. The van der Waals surface area contributed by atoms with E-state index in [1.165, 1.54) is 12.1 Å². The summed E-state index contributed by atoms with van der Waals surface area (Å²) in [6.45, 7) is 0.120. The lowest BCUT2D eigenvalue weighted by molar-refractivity contribution is -0.120. The van der Waals surface area contributed by atoms with E-state index in [9.17, 15) is 9.59 Å². The monoisotopic (exact) mass is 304 g/mol. The molecule has 0 saturated heterocycles. The highest BCUT2D eigenvalue weighted by Crippen LogP contribution is 2.29. The van der Waals surface area contributed by atoms with Gasteiger partial charge in [-0.3, -0.25) is 4.79 Å². The van der Waals surface area contributed by atoms with Crippen LogP contribution in [0.4, 0.5) is 5.69 Å². The lowest BCUT2D eigenvalue weighted by atomic mass is 10.2. The highest BCUT2D eigenvalue weighted by atomic mass is 35.5. The molecule has 104 valence electrons. The molecule has 0 radical (unpaired) electrons. The van der Waals surface area contributed by atoms with Crippen molar-refractivity contribution >= 4 is 40.8 Å². The predicted molar refractivity (Wildman–Crippen MR) is 74.5 cm³/mol. The van der Waals surface area contributed by atoms with Crippen LogP contribution >= 0.6 is 23.2 Å². The van der Waals surface area contributed by atoms with Gasteiger partial charge in [-0.25, -0.2) is 4.79 Å². The maximum Gasteiger partial charge on any atom is 0.339 e. The number of carbonyl (C=O) groups is 2. The van der Waals surface area contributed by atoms with Gasteiger partial charge in [0.05, 0.1) is 22.2 Å². The van der Waals surface area contributed by atoms with Crippen LogP contribution in [-0.4, -0.2) is 25.5 Å². The second kappa shape index (κ2) is 7.21. The molecule has 0 bridgehead atoms. The Morgan fingerprint density at radius 2 is 2.05 bits per heavy atom. The van der Waals surface area contributed by atoms with Gasteiger partial charge >= 0.3 is 5.97 Å². The van der Waals surface area contributed by atoms with Crippen LogP contribution < -0.4 is 11.1 Å². The maximum atomic E-state index is 11.8. The standard InChI is InChI=1S/C12H14Cl2N2O3/c1-16-10(17)3-2-4-19-12(18)8-5-7(15)6-9(13)11(8)14/h5-6H,2-4,15H2,1H3,(H,16,17). The summed E-state index contributed by atoms with van der Waals surface area (Å²) in [6, 6.07) is 2.85. The second-order valence-electron chi connectivity index (χ2n) is 3.78. The van der Waals surface area contributed by atoms with E-state index < -0.39 is 5.97 Å². The van der Waals surface area contributed by atoms with Crippen molar-refractivity contribution in [1.82, 2.24) is 5.32 Å². The van der Waals surface area contributed by atoms with Crippen molar-refractivity contribution < 1.29 is 14.3 Å². The summed E-state index contributed by atoms with van der Waals surface area (Å²) in [5.74, 6) is -0.725. The fourth-order valence-corrected chi connectivity index (χ4v) is 1.77. The molecule has 1 aromatic carbocycles. The molecule has 1 rings (SSSR count). The Bertz CT molecular complexity index is 492. The minimum Gasteiger partial charge on any atom is -0.462 e. The molecule has 1 aromatic rings. The Balaban J connectivity index is 2.57. The number of nitrogen functional groups attached to an aromatic ring is 1. The molecule has 0 aliphatic carbocycles. The molecule has 1 amide bonds. The van der Waals surface area contributed by atoms with Gasteiger partial charge in [0.25, 0.3) is 0 Å². The number of rotatable bonds is 5. The first-order chi connectivity index (χ1) is 8.95. The first kappa shape index (κ1) is 15.6. The van der Waals surface area contributed by atoms with Crippen molar-refractivity contribution in [2.45, 2.75) is 12.8 Å². The number of carbonyl (C=O) groups excluding carboxylic acids is 2. The highest BCUT2D eigenvalue weighted by Gasteiger charge is 2.15. The Morgan fingerprint density at radius 1 is 1.37 bits per heavy atom. The largest absolute Gasteiger partial charge is 0.462 e. The minimum atomic E-state index is -0.615. The Hall–Kier alpha value is -1.46. The van der Waals surface area contributed by atoms with Gasteiger partial charge in [0.2, 0.25) is 5.91 Å². The third kappa shape index (κ3) is 4.61. The first-order valence-electron chi connectivity index (χ1n) is 5.58. The maximum absolute atomic E-state index is 11.8. The summed E-state index contributed by atoms with van der Waals surface area (Å²) >= 11 is 11.7. The average molecular weight is 305 g/mol. The van der Waals surface area contributed by atoms with E-state index in [1.807, 2.05) is 0 Å². The fraction of sp³-hybridized carbons (Fsp3) is 0.333. The molecule has 19 heavy (non-hydrogen) atoms. The van der Waals surface area contributed by atoms with Gasteiger partial charge < -0.3 is 15.8 Å². The van der Waals surface area contributed by atoms with Gasteiger partial charge in [-0.15, -0.1) is 0 Å². The van der Waals surface area contributed by atoms with Gasteiger partial charge in [-0.1, -0.05) is 23.2 Å². The molecule has 0 aromatic heterocycles. The van der Waals surface area contributed by atoms with Gasteiger partial charge in [-0.05, 0) is 18.6 Å². The molecule has 7 heteroatoms. The molecule has 0 spiro atoms. The van der Waals surface area contributed by atoms with Crippen LogP contribution in [-0.2, 0) is 9.53 Å². The lowest BCUT2D eigenvalue weighted by Gasteiger charge is -2.08. The van der Waals surface area contributed by atoms with Crippen molar-refractivity contribution in [2.75, 3.05) is 19.4 Å². The number of hydrogen-bond acceptors (Lipinski definition) is 4. The van der Waals surface area contributed by atoms with Crippen molar-refractivity contribution in [3.63, 3.8) is 0 Å². The number of anilines is 1. The molecule has 0 heterocycles. The predicted octanol–water partition coefficient (Wildman–Crippen LogP) is 2.26. The normalized spacial score (nSPS) is 10.1. The number of benzene rings is 1. The van der Waals surface area contributed by atoms with E-state index in [1.54, 1.807) is 7.05 Å². The van der Waals surface area contributed by atoms with Gasteiger partial charge in [0.15, 0.2) is 0 Å². The third-order valence-corrected chi connectivity index (χ3v) is 3.13. The molecule has 0 fully saturated rings. The molecule has 0 aliphatic rings. The Labute approximate surface area is 121 Å². The van der Waals surface area contributed by atoms with Crippen LogP contribution in [0.1, 0.15) is 23.2 Å². The minimum absolute atomic E-state index is 0.104. The summed E-state index contributed by atoms with van der Waals surface area (Å²) in [6.07, 6.45) is 0.717. The molecular formula is C12H14Cl2N2O3. The summed E-state index contributed by atoms with van der Waals surface area (Å²) in [5.41, 5.74) is 6.02. The van der Waals surface area contributed by atoms with Crippen molar-refractivity contribution in [3.05, 3.63) is 27.7 Å². The van der Waals surface area contributed by atoms with Crippen LogP contribution in [0.25, 0.3) is 0 Å². The Morgan fingerprint density at radius 3 is 2.68 bits per heavy atom. The topological polar surface area (TPSA) is 81.4 Å². The number of amides is 1. The molecule has 0 aliphatic heterocycles. The summed E-state index contributed by atoms with van der Waals surface area (Å²) in [4.78, 5) is 22.7. The summed E-state index contributed by atoms with van der Waals surface area (Å²) < 4.78 is 5.00. The lowest BCUT2D eigenvalue weighted by Crippen LogP contribution is -2.18. The SMILES string of the molecule is CNC(=O)CCCOC(=O)c1cc(N)cc(Cl)c1Cl. The van der Waals surface area contributed by atoms with Gasteiger partial charge in [-0.2, -0.15) is 0 Å². The number of hydrogen-bond donors (Lipinski definition) is 2. The van der Waals surface area contributed by atoms with Crippen molar-refractivity contribution in [1.29, 1.82) is 0 Å². The Kier molecular flexibility index (Phi) is 5.92. The van der Waals surface area contributed by atoms with Crippen molar-refractivity contribution in [3.8, 4) is 0 Å². The van der Waals surface area contributed by atoms with E-state index in [0.29, 0.717) is 12.1 Å². The molecule has 3 N–H and O–H groups in total. The second-order valence-corrected chi connectivity index (χ2v) is 4.56. The van der Waals surface area contributed by atoms with E-state index in [2.05, 4.69) is 5.32 Å². The van der Waals surface area contributed by atoms with Crippen LogP contribution in [0.2, 0.25) is 10.0 Å². The third-order valence-electron chi connectivity index (χ3n) is 2.33. The fourth-order valence-electron chi connectivity index (χ4n) is 1.36. The van der Waals surface area contributed by atoms with Gasteiger partial charge in [0, 0.05) is 19.2 Å². The molecule has 0 saturated carbocycles. The first-order valence-corrected chi connectivity index (χ1v) is 6.33. The van der Waals surface area contributed by atoms with Crippen LogP contribution in [0.5, 0.6) is 0 Å². The van der Waals surface area contributed by atoms with Crippen molar-refractivity contribution in [2.24, 2.45) is 0 Å². The number of ether oxygens (including phenoxy) is 1. The molecule has 5 nitrogen and oxygen atoms in total. The molecular weight excluding hydrogens is 291 g/mol. The molecule has 0 atom stereocenters. The van der Waals surface area contributed by atoms with E-state index >= 15 is 0 Å².